The molecule has 0 saturated heterocycles. The maximum atomic E-state index is 4.54. The molecule has 1 aliphatic rings. The molecule has 0 aromatic carbocycles. The molecule has 1 heterocycles. The predicted molar refractivity (Wildman–Crippen MR) is 63.2 cm³/mol. The van der Waals surface area contributed by atoms with Crippen molar-refractivity contribution in [3.8, 4) is 0 Å². The SMILES string of the molecule is Cc1cn(C2CCC2)c(NCC(C)C)n1. The molecule has 84 valence electrons. The number of hydrogen-bond acceptors (Lipinski definition) is 2. The van der Waals surface area contributed by atoms with E-state index in [-0.39, 0.29) is 0 Å². The Kier molecular flexibility index (Phi) is 2.98. The second-order valence-corrected chi connectivity index (χ2v) is 4.97. The van der Waals surface area contributed by atoms with E-state index in [2.05, 4.69) is 41.8 Å². The van der Waals surface area contributed by atoms with Crippen molar-refractivity contribution in [3.63, 3.8) is 0 Å². The van der Waals surface area contributed by atoms with E-state index in [0.717, 1.165) is 18.2 Å². The van der Waals surface area contributed by atoms with Crippen LogP contribution >= 0.6 is 0 Å². The quantitative estimate of drug-likeness (QED) is 0.822. The maximum absolute atomic E-state index is 4.54. The second kappa shape index (κ2) is 4.25. The Morgan fingerprint density at radius 2 is 2.27 bits per heavy atom. The van der Waals surface area contributed by atoms with E-state index in [9.17, 15) is 0 Å². The standard InChI is InChI=1S/C12H21N3/c1-9(2)7-13-12-14-10(3)8-15(12)11-5-4-6-11/h8-9,11H,4-7H2,1-3H3,(H,13,14). The number of rotatable bonds is 4. The van der Waals surface area contributed by atoms with Crippen LogP contribution in [0.15, 0.2) is 6.20 Å². The number of nitrogens with zero attached hydrogens (tertiary/aromatic N) is 2. The molecule has 1 N–H and O–H groups in total. The first-order valence-electron chi connectivity index (χ1n) is 5.96. The summed E-state index contributed by atoms with van der Waals surface area (Å²) in [6.07, 6.45) is 6.16. The first-order valence-corrected chi connectivity index (χ1v) is 5.96. The van der Waals surface area contributed by atoms with Crippen molar-refractivity contribution < 1.29 is 0 Å². The summed E-state index contributed by atoms with van der Waals surface area (Å²) < 4.78 is 2.32. The van der Waals surface area contributed by atoms with E-state index in [4.69, 9.17) is 0 Å². The Labute approximate surface area is 91.9 Å². The van der Waals surface area contributed by atoms with Gasteiger partial charge in [-0.15, -0.1) is 0 Å². The van der Waals surface area contributed by atoms with Crippen LogP contribution in [-0.2, 0) is 0 Å². The molecule has 0 bridgehead atoms. The lowest BCUT2D eigenvalue weighted by atomic mass is 9.93. The zero-order valence-corrected chi connectivity index (χ0v) is 9.95. The summed E-state index contributed by atoms with van der Waals surface area (Å²) in [5.74, 6) is 1.72. The van der Waals surface area contributed by atoms with Gasteiger partial charge in [0.1, 0.15) is 0 Å². The van der Waals surface area contributed by atoms with Crippen molar-refractivity contribution in [2.24, 2.45) is 5.92 Å². The van der Waals surface area contributed by atoms with Crippen molar-refractivity contribution >= 4 is 5.95 Å². The third-order valence-corrected chi connectivity index (χ3v) is 2.99. The minimum Gasteiger partial charge on any atom is -0.355 e. The summed E-state index contributed by atoms with van der Waals surface area (Å²) in [5, 5.41) is 3.43. The van der Waals surface area contributed by atoms with Gasteiger partial charge in [-0.25, -0.2) is 4.98 Å². The number of anilines is 1. The smallest absolute Gasteiger partial charge is 0.203 e. The zero-order chi connectivity index (χ0) is 10.8. The highest BCUT2D eigenvalue weighted by Gasteiger charge is 2.22. The minimum atomic E-state index is 0.664. The number of nitrogens with one attached hydrogen (secondary N) is 1. The van der Waals surface area contributed by atoms with Crippen LogP contribution in [0.25, 0.3) is 0 Å². The van der Waals surface area contributed by atoms with Gasteiger partial charge in [-0.3, -0.25) is 0 Å². The molecule has 3 heteroatoms. The van der Waals surface area contributed by atoms with Crippen LogP contribution in [0.4, 0.5) is 5.95 Å². The lowest BCUT2D eigenvalue weighted by Crippen LogP contribution is -2.20. The molecule has 0 spiro atoms. The van der Waals surface area contributed by atoms with Gasteiger partial charge in [0.25, 0.3) is 0 Å². The molecule has 1 saturated carbocycles. The number of hydrogen-bond donors (Lipinski definition) is 1. The fraction of sp³-hybridized carbons (Fsp3) is 0.750. The lowest BCUT2D eigenvalue weighted by molar-refractivity contribution is 0.316. The zero-order valence-electron chi connectivity index (χ0n) is 9.95. The monoisotopic (exact) mass is 207 g/mol. The molecular weight excluding hydrogens is 186 g/mol. The van der Waals surface area contributed by atoms with Crippen molar-refractivity contribution in [2.75, 3.05) is 11.9 Å². The fourth-order valence-electron chi connectivity index (χ4n) is 1.89. The van der Waals surface area contributed by atoms with E-state index < -0.39 is 0 Å². The van der Waals surface area contributed by atoms with Gasteiger partial charge in [-0.2, -0.15) is 0 Å². The summed E-state index contributed by atoms with van der Waals surface area (Å²) >= 11 is 0. The van der Waals surface area contributed by atoms with Crippen molar-refractivity contribution in [1.82, 2.24) is 9.55 Å². The summed E-state index contributed by atoms with van der Waals surface area (Å²) in [5.41, 5.74) is 1.12. The molecule has 0 atom stereocenters. The van der Waals surface area contributed by atoms with Gasteiger partial charge < -0.3 is 9.88 Å². The molecule has 1 aliphatic carbocycles. The van der Waals surface area contributed by atoms with Gasteiger partial charge in [0.05, 0.1) is 5.69 Å². The first-order chi connectivity index (χ1) is 7.16. The molecule has 1 aromatic rings. The third-order valence-electron chi connectivity index (χ3n) is 2.99. The van der Waals surface area contributed by atoms with Crippen molar-refractivity contribution in [3.05, 3.63) is 11.9 Å². The maximum Gasteiger partial charge on any atom is 0.203 e. The van der Waals surface area contributed by atoms with Crippen molar-refractivity contribution in [1.29, 1.82) is 0 Å². The summed E-state index contributed by atoms with van der Waals surface area (Å²) in [7, 11) is 0. The van der Waals surface area contributed by atoms with Crippen LogP contribution in [0, 0.1) is 12.8 Å². The van der Waals surface area contributed by atoms with Crippen LogP contribution in [0.2, 0.25) is 0 Å². The van der Waals surface area contributed by atoms with Gasteiger partial charge in [0, 0.05) is 18.8 Å². The molecule has 3 nitrogen and oxygen atoms in total. The highest BCUT2D eigenvalue weighted by molar-refractivity contribution is 5.30. The Bertz CT molecular complexity index is 324. The lowest BCUT2D eigenvalue weighted by Gasteiger charge is -2.28. The number of imidazole rings is 1. The highest BCUT2D eigenvalue weighted by atomic mass is 15.2. The van der Waals surface area contributed by atoms with Crippen molar-refractivity contribution in [2.45, 2.75) is 46.1 Å². The molecular formula is C12H21N3. The minimum absolute atomic E-state index is 0.664. The van der Waals surface area contributed by atoms with Gasteiger partial charge in [-0.05, 0) is 32.1 Å². The molecule has 0 unspecified atom stereocenters. The van der Waals surface area contributed by atoms with E-state index in [0.29, 0.717) is 12.0 Å². The molecule has 0 amide bonds. The van der Waals surface area contributed by atoms with Crippen LogP contribution < -0.4 is 5.32 Å². The largest absolute Gasteiger partial charge is 0.355 e. The van der Waals surface area contributed by atoms with E-state index in [1.165, 1.54) is 19.3 Å². The summed E-state index contributed by atoms with van der Waals surface area (Å²) in [6, 6.07) is 0.695. The summed E-state index contributed by atoms with van der Waals surface area (Å²) in [4.78, 5) is 4.54. The number of aromatic nitrogens is 2. The highest BCUT2D eigenvalue weighted by Crippen LogP contribution is 2.33. The van der Waals surface area contributed by atoms with Gasteiger partial charge in [-0.1, -0.05) is 13.8 Å². The van der Waals surface area contributed by atoms with E-state index in [1.807, 2.05) is 0 Å². The molecule has 15 heavy (non-hydrogen) atoms. The first kappa shape index (κ1) is 10.5. The average molecular weight is 207 g/mol. The van der Waals surface area contributed by atoms with Crippen LogP contribution in [-0.4, -0.2) is 16.1 Å². The second-order valence-electron chi connectivity index (χ2n) is 4.97. The van der Waals surface area contributed by atoms with Gasteiger partial charge in [0.15, 0.2) is 0 Å². The van der Waals surface area contributed by atoms with Crippen LogP contribution in [0.1, 0.15) is 44.8 Å². The van der Waals surface area contributed by atoms with E-state index >= 15 is 0 Å². The fourth-order valence-corrected chi connectivity index (χ4v) is 1.89. The molecule has 0 aliphatic heterocycles. The molecule has 1 fully saturated rings. The Balaban J connectivity index is 2.07. The normalized spacial score (nSPS) is 16.8. The third kappa shape index (κ3) is 2.33. The molecule has 0 radical (unpaired) electrons. The topological polar surface area (TPSA) is 29.9 Å². The predicted octanol–water partition coefficient (Wildman–Crippen LogP) is 2.98. The van der Waals surface area contributed by atoms with Gasteiger partial charge >= 0.3 is 0 Å². The van der Waals surface area contributed by atoms with E-state index in [1.54, 1.807) is 0 Å². The van der Waals surface area contributed by atoms with Gasteiger partial charge in [0.2, 0.25) is 5.95 Å². The Morgan fingerprint density at radius 1 is 1.53 bits per heavy atom. The number of aryl methyl sites for hydroxylation is 1. The molecule has 2 rings (SSSR count). The Hall–Kier alpha value is -0.990. The average Bonchev–Trinajstić information content (AvgIpc) is 2.40. The Morgan fingerprint density at radius 3 is 2.80 bits per heavy atom. The molecule has 1 aromatic heterocycles. The van der Waals surface area contributed by atoms with Crippen LogP contribution in [0.5, 0.6) is 0 Å². The summed E-state index contributed by atoms with van der Waals surface area (Å²) in [6.45, 7) is 7.51. The van der Waals surface area contributed by atoms with Crippen LogP contribution in [0.3, 0.4) is 0 Å².